The van der Waals surface area contributed by atoms with E-state index in [9.17, 15) is 18.0 Å². The van der Waals surface area contributed by atoms with Crippen LogP contribution in [0.4, 0.5) is 13.2 Å². The summed E-state index contributed by atoms with van der Waals surface area (Å²) in [5.74, 6) is 0.156. The summed E-state index contributed by atoms with van der Waals surface area (Å²) in [6.07, 6.45) is -3.63. The highest BCUT2D eigenvalue weighted by molar-refractivity contribution is 6.02. The van der Waals surface area contributed by atoms with Gasteiger partial charge >= 0.3 is 6.18 Å². The second-order valence-electron chi connectivity index (χ2n) is 6.76. The highest BCUT2D eigenvalue weighted by Gasteiger charge is 2.33. The quantitative estimate of drug-likeness (QED) is 0.757. The van der Waals surface area contributed by atoms with Gasteiger partial charge in [-0.25, -0.2) is 9.97 Å². The molecule has 3 aromatic heterocycles. The number of amides is 1. The number of nitrogens with zero attached hydrogens (tertiary/aromatic N) is 5. The Morgan fingerprint density at radius 3 is 2.89 bits per heavy atom. The van der Waals surface area contributed by atoms with E-state index in [4.69, 9.17) is 0 Å². The van der Waals surface area contributed by atoms with Crippen LogP contribution in [0.25, 0.3) is 22.1 Å². The van der Waals surface area contributed by atoms with Gasteiger partial charge < -0.3 is 9.88 Å². The van der Waals surface area contributed by atoms with E-state index < -0.39 is 24.9 Å². The summed E-state index contributed by atoms with van der Waals surface area (Å²) in [7, 11) is 0. The van der Waals surface area contributed by atoms with Crippen molar-refractivity contribution in [1.82, 2.24) is 30.0 Å². The summed E-state index contributed by atoms with van der Waals surface area (Å²) in [4.78, 5) is 25.5. The van der Waals surface area contributed by atoms with Crippen molar-refractivity contribution in [3.05, 3.63) is 23.8 Å². The molecule has 0 radical (unpaired) electrons. The number of aromatic nitrogens is 5. The summed E-state index contributed by atoms with van der Waals surface area (Å²) in [5.41, 5.74) is 1.87. The number of carbonyl (C=O) groups is 1. The van der Waals surface area contributed by atoms with Gasteiger partial charge in [-0.2, -0.15) is 13.2 Å². The van der Waals surface area contributed by atoms with Gasteiger partial charge in [-0.05, 0) is 19.4 Å². The second-order valence-corrected chi connectivity index (χ2v) is 6.76. The van der Waals surface area contributed by atoms with E-state index in [-0.39, 0.29) is 5.92 Å². The molecular formula is C17H17F3N6O. The first kappa shape index (κ1) is 17.6. The van der Waals surface area contributed by atoms with Crippen LogP contribution in [0.2, 0.25) is 0 Å². The minimum absolute atomic E-state index is 0.0358. The maximum atomic E-state index is 12.4. The van der Waals surface area contributed by atoms with Crippen LogP contribution in [0.1, 0.15) is 36.7 Å². The topological polar surface area (TPSA) is 87.7 Å². The molecule has 0 spiro atoms. The molecule has 4 rings (SSSR count). The van der Waals surface area contributed by atoms with Gasteiger partial charge in [-0.3, -0.25) is 4.79 Å². The van der Waals surface area contributed by atoms with Gasteiger partial charge in [0.25, 0.3) is 0 Å². The Balaban J connectivity index is 1.63. The summed E-state index contributed by atoms with van der Waals surface area (Å²) in [6, 6.07) is 1.84. The van der Waals surface area contributed by atoms with E-state index in [0.717, 1.165) is 16.5 Å². The van der Waals surface area contributed by atoms with Crippen LogP contribution >= 0.6 is 0 Å². The Bertz CT molecular complexity index is 1010. The highest BCUT2D eigenvalue weighted by atomic mass is 19.4. The third-order valence-electron chi connectivity index (χ3n) is 4.84. The fourth-order valence-electron chi connectivity index (χ4n) is 3.59. The van der Waals surface area contributed by atoms with E-state index in [0.29, 0.717) is 36.6 Å². The number of hydrogen-bond donors (Lipinski definition) is 1. The molecule has 27 heavy (non-hydrogen) atoms. The summed E-state index contributed by atoms with van der Waals surface area (Å²) in [5, 5.41) is 9.82. The zero-order valence-corrected chi connectivity index (χ0v) is 14.5. The normalized spacial score (nSPS) is 17.9. The molecule has 1 atom stereocenters. The third-order valence-corrected chi connectivity index (χ3v) is 4.84. The maximum Gasteiger partial charge on any atom is 0.389 e. The number of likely N-dealkylation sites (tertiary alicyclic amines) is 1. The Kier molecular flexibility index (Phi) is 4.20. The Morgan fingerprint density at radius 2 is 2.11 bits per heavy atom. The van der Waals surface area contributed by atoms with Crippen molar-refractivity contribution in [2.45, 2.75) is 38.3 Å². The van der Waals surface area contributed by atoms with Gasteiger partial charge in [0.1, 0.15) is 5.82 Å². The van der Waals surface area contributed by atoms with E-state index in [1.165, 1.54) is 4.90 Å². The lowest BCUT2D eigenvalue weighted by atomic mass is 10.00. The van der Waals surface area contributed by atoms with Crippen LogP contribution in [-0.2, 0) is 4.79 Å². The maximum absolute atomic E-state index is 12.4. The zero-order chi connectivity index (χ0) is 19.2. The van der Waals surface area contributed by atoms with Crippen molar-refractivity contribution >= 4 is 28.0 Å². The molecule has 1 N–H and O–H groups in total. The lowest BCUT2D eigenvalue weighted by Gasteiger charge is -2.18. The molecule has 1 amide bonds. The van der Waals surface area contributed by atoms with Gasteiger partial charge in [0, 0.05) is 42.7 Å². The van der Waals surface area contributed by atoms with Crippen molar-refractivity contribution < 1.29 is 18.0 Å². The van der Waals surface area contributed by atoms with Crippen molar-refractivity contribution in [2.24, 2.45) is 0 Å². The SMILES string of the molecule is Cc1nc2nnc3nccc3c2c(C2CCN(C(=O)CCC(F)(F)F)C2)[nH]1. The number of aryl methyl sites for hydroxylation is 1. The van der Waals surface area contributed by atoms with Gasteiger partial charge in [0.2, 0.25) is 5.91 Å². The number of nitrogens with one attached hydrogen (secondary N) is 1. The van der Waals surface area contributed by atoms with Crippen LogP contribution < -0.4 is 0 Å². The number of rotatable bonds is 3. The largest absolute Gasteiger partial charge is 0.389 e. The van der Waals surface area contributed by atoms with Gasteiger partial charge in [-0.1, -0.05) is 0 Å². The standard InChI is InChI=1S/C17H17F3N6O/c1-9-22-14(13-11-3-6-21-15(11)24-25-16(13)23-9)10-4-7-26(8-10)12(27)2-5-17(18,19)20/h3,6,10H,2,4-5,7-8H2,1H3,(H,22,23,25). The Labute approximate surface area is 152 Å². The molecule has 1 unspecified atom stereocenters. The van der Waals surface area contributed by atoms with E-state index >= 15 is 0 Å². The molecule has 0 saturated carbocycles. The molecule has 1 aliphatic heterocycles. The van der Waals surface area contributed by atoms with Crippen molar-refractivity contribution in [3.63, 3.8) is 0 Å². The minimum Gasteiger partial charge on any atom is -0.346 e. The van der Waals surface area contributed by atoms with Crippen LogP contribution in [-0.4, -0.2) is 55.2 Å². The number of carbonyl (C=O) groups excluding carboxylic acids is 1. The molecule has 1 saturated heterocycles. The summed E-state index contributed by atoms with van der Waals surface area (Å²) in [6.45, 7) is 2.60. The molecule has 0 aromatic carbocycles. The first-order chi connectivity index (χ1) is 12.8. The third kappa shape index (κ3) is 3.43. The monoisotopic (exact) mass is 378 g/mol. The highest BCUT2D eigenvalue weighted by Crippen LogP contribution is 2.34. The lowest BCUT2D eigenvalue weighted by Crippen LogP contribution is -2.29. The Hall–Kier alpha value is -2.78. The number of alkyl halides is 3. The molecule has 3 aromatic rings. The van der Waals surface area contributed by atoms with Gasteiger partial charge in [-0.15, -0.1) is 10.2 Å². The van der Waals surface area contributed by atoms with Crippen LogP contribution in [0.5, 0.6) is 0 Å². The van der Waals surface area contributed by atoms with Gasteiger partial charge in [0.05, 0.1) is 11.8 Å². The number of H-pyrrole nitrogens is 1. The lowest BCUT2D eigenvalue weighted by molar-refractivity contribution is -0.148. The van der Waals surface area contributed by atoms with Gasteiger partial charge in [0.15, 0.2) is 11.3 Å². The fraction of sp³-hybridized carbons (Fsp3) is 0.471. The van der Waals surface area contributed by atoms with E-state index in [1.54, 1.807) is 13.1 Å². The molecule has 7 nitrogen and oxygen atoms in total. The first-order valence-corrected chi connectivity index (χ1v) is 8.64. The number of aromatic amines is 1. The number of halogens is 3. The predicted molar refractivity (Wildman–Crippen MR) is 90.9 cm³/mol. The van der Waals surface area contributed by atoms with Crippen LogP contribution in [0, 0.1) is 6.92 Å². The smallest absolute Gasteiger partial charge is 0.346 e. The van der Waals surface area contributed by atoms with Crippen molar-refractivity contribution in [1.29, 1.82) is 0 Å². The minimum atomic E-state index is -4.32. The molecule has 0 bridgehead atoms. The van der Waals surface area contributed by atoms with E-state index in [1.807, 2.05) is 6.07 Å². The summed E-state index contributed by atoms with van der Waals surface area (Å²) < 4.78 is 37.1. The number of hydrogen-bond acceptors (Lipinski definition) is 5. The van der Waals surface area contributed by atoms with Crippen molar-refractivity contribution in [2.75, 3.05) is 13.1 Å². The Morgan fingerprint density at radius 1 is 1.33 bits per heavy atom. The number of fused-ring (bicyclic) bond motifs is 3. The van der Waals surface area contributed by atoms with Crippen LogP contribution in [0.15, 0.2) is 12.3 Å². The average Bonchev–Trinajstić information content (AvgIpc) is 3.27. The molecule has 142 valence electrons. The molecular weight excluding hydrogens is 361 g/mol. The predicted octanol–water partition coefficient (Wildman–Crippen LogP) is 2.87. The molecule has 10 heteroatoms. The van der Waals surface area contributed by atoms with Crippen LogP contribution in [0.3, 0.4) is 0 Å². The molecule has 1 fully saturated rings. The summed E-state index contributed by atoms with van der Waals surface area (Å²) >= 11 is 0. The van der Waals surface area contributed by atoms with Crippen molar-refractivity contribution in [3.8, 4) is 0 Å². The molecule has 1 aliphatic rings. The fourth-order valence-corrected chi connectivity index (χ4v) is 3.59. The molecule has 4 heterocycles. The molecule has 0 aliphatic carbocycles. The first-order valence-electron chi connectivity index (χ1n) is 8.64. The van der Waals surface area contributed by atoms with E-state index in [2.05, 4.69) is 25.1 Å². The second kappa shape index (κ2) is 6.43. The average molecular weight is 378 g/mol. The zero-order valence-electron chi connectivity index (χ0n) is 14.5.